The van der Waals surface area contributed by atoms with Crippen molar-refractivity contribution in [2.24, 2.45) is 4.99 Å². The fraction of sp³-hybridized carbons (Fsp3) is 0.381. The first kappa shape index (κ1) is 21.1. The van der Waals surface area contributed by atoms with E-state index < -0.39 is 10.8 Å². The smallest absolute Gasteiger partial charge is 0.191 e. The fourth-order valence-electron chi connectivity index (χ4n) is 2.69. The molecule has 6 heteroatoms. The molecule has 0 aliphatic heterocycles. The molecule has 0 fully saturated rings. The van der Waals surface area contributed by atoms with Gasteiger partial charge in [0.1, 0.15) is 5.82 Å². The van der Waals surface area contributed by atoms with Gasteiger partial charge < -0.3 is 10.6 Å². The van der Waals surface area contributed by atoms with Gasteiger partial charge in [0.2, 0.25) is 0 Å². The van der Waals surface area contributed by atoms with E-state index in [1.165, 1.54) is 6.07 Å². The third-order valence-electron chi connectivity index (χ3n) is 4.09. The van der Waals surface area contributed by atoms with E-state index in [-0.39, 0.29) is 5.82 Å². The Balaban J connectivity index is 1.78. The van der Waals surface area contributed by atoms with Crippen LogP contribution in [-0.2, 0) is 23.0 Å². The summed E-state index contributed by atoms with van der Waals surface area (Å²) in [5.74, 6) is 1.60. The number of guanidine groups is 1. The van der Waals surface area contributed by atoms with Crippen molar-refractivity contribution < 1.29 is 8.60 Å². The molecular weight excluding hydrogens is 361 g/mol. The van der Waals surface area contributed by atoms with Crippen molar-refractivity contribution in [2.75, 3.05) is 25.4 Å². The van der Waals surface area contributed by atoms with Gasteiger partial charge in [-0.25, -0.2) is 4.39 Å². The number of hydrogen-bond acceptors (Lipinski definition) is 2. The van der Waals surface area contributed by atoms with E-state index in [9.17, 15) is 8.60 Å². The molecule has 0 saturated carbocycles. The molecule has 146 valence electrons. The second-order valence-electron chi connectivity index (χ2n) is 6.28. The molecule has 0 radical (unpaired) electrons. The predicted octanol–water partition coefficient (Wildman–Crippen LogP) is 3.18. The largest absolute Gasteiger partial charge is 0.357 e. The molecule has 1 unspecified atom stereocenters. The standard InChI is InChI=1S/C21H28FN3OS/c1-3-23-21(24-12-11-19-9-10-20(22)15-17(19)2)25-13-14-27(26)16-18-7-5-4-6-8-18/h4-10,15H,3,11-14,16H2,1-2H3,(H2,23,24,25). The van der Waals surface area contributed by atoms with Crippen molar-refractivity contribution >= 4 is 16.8 Å². The van der Waals surface area contributed by atoms with Gasteiger partial charge in [0, 0.05) is 35.4 Å². The van der Waals surface area contributed by atoms with Gasteiger partial charge >= 0.3 is 0 Å². The molecule has 2 aromatic rings. The summed E-state index contributed by atoms with van der Waals surface area (Å²) in [4.78, 5) is 4.50. The van der Waals surface area contributed by atoms with E-state index in [2.05, 4.69) is 15.6 Å². The highest BCUT2D eigenvalue weighted by Gasteiger charge is 2.04. The number of aryl methyl sites for hydroxylation is 1. The monoisotopic (exact) mass is 389 g/mol. The topological polar surface area (TPSA) is 53.5 Å². The molecule has 2 N–H and O–H groups in total. The molecule has 27 heavy (non-hydrogen) atoms. The lowest BCUT2D eigenvalue weighted by Gasteiger charge is -2.12. The van der Waals surface area contributed by atoms with Crippen LogP contribution in [0.1, 0.15) is 23.6 Å². The lowest BCUT2D eigenvalue weighted by Crippen LogP contribution is -2.38. The van der Waals surface area contributed by atoms with Gasteiger partial charge in [-0.05, 0) is 49.1 Å². The Morgan fingerprint density at radius 1 is 1.15 bits per heavy atom. The first-order valence-electron chi connectivity index (χ1n) is 9.24. The Kier molecular flexibility index (Phi) is 8.98. The third-order valence-corrected chi connectivity index (χ3v) is 5.39. The zero-order chi connectivity index (χ0) is 19.5. The highest BCUT2D eigenvalue weighted by atomic mass is 32.2. The van der Waals surface area contributed by atoms with Gasteiger partial charge in [0.15, 0.2) is 5.96 Å². The van der Waals surface area contributed by atoms with Crippen molar-refractivity contribution in [1.29, 1.82) is 0 Å². The predicted molar refractivity (Wildman–Crippen MR) is 112 cm³/mol. The summed E-state index contributed by atoms with van der Waals surface area (Å²) in [7, 11) is -0.930. The van der Waals surface area contributed by atoms with Gasteiger partial charge in [-0.1, -0.05) is 36.4 Å². The number of aliphatic imine (C=N–C) groups is 1. The summed E-state index contributed by atoms with van der Waals surface area (Å²) in [5.41, 5.74) is 3.15. The van der Waals surface area contributed by atoms with E-state index in [0.29, 0.717) is 30.6 Å². The summed E-state index contributed by atoms with van der Waals surface area (Å²) < 4.78 is 25.4. The van der Waals surface area contributed by atoms with Crippen LogP contribution < -0.4 is 10.6 Å². The van der Waals surface area contributed by atoms with Crippen LogP contribution in [0.4, 0.5) is 4.39 Å². The summed E-state index contributed by atoms with van der Waals surface area (Å²) in [6, 6.07) is 14.7. The minimum Gasteiger partial charge on any atom is -0.357 e. The van der Waals surface area contributed by atoms with Crippen molar-refractivity contribution in [2.45, 2.75) is 26.0 Å². The quantitative estimate of drug-likeness (QED) is 0.512. The molecule has 2 rings (SSSR count). The summed E-state index contributed by atoms with van der Waals surface area (Å²) in [6.45, 7) is 5.89. The number of benzene rings is 2. The van der Waals surface area contributed by atoms with E-state index >= 15 is 0 Å². The average molecular weight is 390 g/mol. The number of nitrogens with one attached hydrogen (secondary N) is 2. The summed E-state index contributed by atoms with van der Waals surface area (Å²) in [6.07, 6.45) is 0.788. The van der Waals surface area contributed by atoms with E-state index in [1.54, 1.807) is 6.07 Å². The highest BCUT2D eigenvalue weighted by molar-refractivity contribution is 7.84. The molecule has 0 amide bonds. The molecule has 0 saturated heterocycles. The lowest BCUT2D eigenvalue weighted by molar-refractivity contribution is 0.625. The van der Waals surface area contributed by atoms with Gasteiger partial charge in [0.25, 0.3) is 0 Å². The van der Waals surface area contributed by atoms with Crippen molar-refractivity contribution in [1.82, 2.24) is 10.6 Å². The number of nitrogens with zero attached hydrogens (tertiary/aromatic N) is 1. The Morgan fingerprint density at radius 2 is 1.93 bits per heavy atom. The molecular formula is C21H28FN3OS. The van der Waals surface area contributed by atoms with Crippen LogP contribution in [0.5, 0.6) is 0 Å². The van der Waals surface area contributed by atoms with Gasteiger partial charge in [-0.15, -0.1) is 0 Å². The number of halogens is 1. The summed E-state index contributed by atoms with van der Waals surface area (Å²) in [5, 5.41) is 6.48. The Morgan fingerprint density at radius 3 is 2.63 bits per heavy atom. The van der Waals surface area contributed by atoms with Crippen molar-refractivity contribution in [3.63, 3.8) is 0 Å². The maximum atomic E-state index is 13.2. The van der Waals surface area contributed by atoms with Crippen LogP contribution >= 0.6 is 0 Å². The molecule has 0 heterocycles. The fourth-order valence-corrected chi connectivity index (χ4v) is 3.69. The van der Waals surface area contributed by atoms with Gasteiger partial charge in [0.05, 0.1) is 6.54 Å². The first-order chi connectivity index (χ1) is 13.1. The summed E-state index contributed by atoms with van der Waals surface area (Å²) >= 11 is 0. The molecule has 4 nitrogen and oxygen atoms in total. The minimum absolute atomic E-state index is 0.206. The van der Waals surface area contributed by atoms with Crippen LogP contribution in [-0.4, -0.2) is 35.6 Å². The van der Waals surface area contributed by atoms with Crippen LogP contribution in [0, 0.1) is 12.7 Å². The van der Waals surface area contributed by atoms with E-state index in [1.807, 2.05) is 50.2 Å². The molecule has 0 aliphatic carbocycles. The minimum atomic E-state index is -0.930. The van der Waals surface area contributed by atoms with Crippen molar-refractivity contribution in [3.05, 3.63) is 71.0 Å². The molecule has 0 spiro atoms. The molecule has 0 bridgehead atoms. The molecule has 0 aromatic heterocycles. The number of rotatable bonds is 9. The maximum absolute atomic E-state index is 13.2. The van der Waals surface area contributed by atoms with Gasteiger partial charge in [-0.3, -0.25) is 9.20 Å². The average Bonchev–Trinajstić information content (AvgIpc) is 2.64. The molecule has 2 aromatic carbocycles. The Labute approximate surface area is 163 Å². The van der Waals surface area contributed by atoms with Gasteiger partial charge in [-0.2, -0.15) is 0 Å². The molecule has 0 aliphatic rings. The zero-order valence-electron chi connectivity index (χ0n) is 16.0. The van der Waals surface area contributed by atoms with Crippen LogP contribution in [0.25, 0.3) is 0 Å². The van der Waals surface area contributed by atoms with Crippen LogP contribution in [0.3, 0.4) is 0 Å². The first-order valence-corrected chi connectivity index (χ1v) is 10.7. The Hall–Kier alpha value is -2.21. The second kappa shape index (κ2) is 11.5. The van der Waals surface area contributed by atoms with E-state index in [4.69, 9.17) is 0 Å². The second-order valence-corrected chi connectivity index (χ2v) is 7.86. The highest BCUT2D eigenvalue weighted by Crippen LogP contribution is 2.10. The SMILES string of the molecule is CCNC(=NCCS(=O)Cc1ccccc1)NCCc1ccc(F)cc1C. The maximum Gasteiger partial charge on any atom is 0.191 e. The van der Waals surface area contributed by atoms with E-state index in [0.717, 1.165) is 29.7 Å². The van der Waals surface area contributed by atoms with Crippen LogP contribution in [0.2, 0.25) is 0 Å². The number of hydrogen-bond donors (Lipinski definition) is 2. The normalized spacial score (nSPS) is 12.6. The molecule has 1 atom stereocenters. The van der Waals surface area contributed by atoms with Crippen LogP contribution in [0.15, 0.2) is 53.5 Å². The third kappa shape index (κ3) is 7.91. The lowest BCUT2D eigenvalue weighted by atomic mass is 10.1. The Bertz CT molecular complexity index is 765. The zero-order valence-corrected chi connectivity index (χ0v) is 16.8. The van der Waals surface area contributed by atoms with Crippen molar-refractivity contribution in [3.8, 4) is 0 Å².